The molecule has 2 aliphatic rings. The second kappa shape index (κ2) is 6.30. The van der Waals surface area contributed by atoms with Crippen molar-refractivity contribution in [2.45, 2.75) is 18.9 Å². The molecule has 2 unspecified atom stereocenters. The Morgan fingerprint density at radius 1 is 1.11 bits per heavy atom. The number of para-hydroxylation sites is 1. The Balaban J connectivity index is 1.87. The van der Waals surface area contributed by atoms with E-state index in [9.17, 15) is 19.2 Å². The van der Waals surface area contributed by atoms with Crippen LogP contribution in [-0.4, -0.2) is 30.8 Å². The second-order valence-corrected chi connectivity index (χ2v) is 6.98. The molecule has 2 aromatic rings. The highest BCUT2D eigenvalue weighted by Crippen LogP contribution is 2.49. The number of fused-ring (bicyclic) bond motifs is 2. The minimum absolute atomic E-state index is 0.216. The number of carbonyl (C=O) groups is 4. The molecule has 28 heavy (non-hydrogen) atoms. The van der Waals surface area contributed by atoms with E-state index in [2.05, 4.69) is 5.32 Å². The quantitative estimate of drug-likeness (QED) is 0.493. The van der Waals surface area contributed by atoms with Crippen LogP contribution in [-0.2, 0) is 35.9 Å². The zero-order chi connectivity index (χ0) is 20.1. The molecule has 142 valence electrons. The first-order valence-corrected chi connectivity index (χ1v) is 8.81. The molecule has 1 saturated heterocycles. The van der Waals surface area contributed by atoms with E-state index in [1.54, 1.807) is 24.3 Å². The van der Waals surface area contributed by atoms with Crippen LogP contribution < -0.4 is 10.2 Å². The van der Waals surface area contributed by atoms with Gasteiger partial charge in [0.25, 0.3) is 0 Å². The maximum absolute atomic E-state index is 13.5. The highest BCUT2D eigenvalue weighted by molar-refractivity contribution is 6.33. The molecule has 2 heterocycles. The molecular formula is C21H18N2O5. The number of ether oxygens (including phenoxy) is 1. The van der Waals surface area contributed by atoms with Crippen molar-refractivity contribution in [2.24, 2.45) is 5.92 Å². The number of hydrogen-bond acceptors (Lipinski definition) is 5. The van der Waals surface area contributed by atoms with E-state index >= 15 is 0 Å². The van der Waals surface area contributed by atoms with E-state index in [-0.39, 0.29) is 6.54 Å². The molecule has 7 nitrogen and oxygen atoms in total. The number of aryl methyl sites for hydroxylation is 1. The van der Waals surface area contributed by atoms with Crippen molar-refractivity contribution in [1.29, 1.82) is 0 Å². The number of imide groups is 1. The Kier molecular flexibility index (Phi) is 4.03. The standard InChI is InChI=1S/C21H18N2O5/c1-12-7-9-13(10-8-12)11-23-15-6-4-3-5-14(15)21(20(23)27)16(18(25)28-2)17(24)22-19(21)26/h3-10,16H,11H2,1-2H3,(H,22,24,26). The highest BCUT2D eigenvalue weighted by Gasteiger charge is 2.69. The van der Waals surface area contributed by atoms with Gasteiger partial charge in [-0.1, -0.05) is 48.0 Å². The Labute approximate surface area is 161 Å². The van der Waals surface area contributed by atoms with Crippen molar-refractivity contribution in [2.75, 3.05) is 12.0 Å². The van der Waals surface area contributed by atoms with Crippen LogP contribution >= 0.6 is 0 Å². The summed E-state index contributed by atoms with van der Waals surface area (Å²) in [6.07, 6.45) is 0. The number of carbonyl (C=O) groups excluding carboxylic acids is 4. The van der Waals surface area contributed by atoms with Crippen LogP contribution in [0, 0.1) is 12.8 Å². The van der Waals surface area contributed by atoms with Gasteiger partial charge < -0.3 is 9.64 Å². The molecule has 2 aliphatic heterocycles. The predicted molar refractivity (Wildman–Crippen MR) is 99.1 cm³/mol. The van der Waals surface area contributed by atoms with E-state index in [0.717, 1.165) is 18.2 Å². The minimum Gasteiger partial charge on any atom is -0.468 e. The van der Waals surface area contributed by atoms with Gasteiger partial charge >= 0.3 is 5.97 Å². The maximum atomic E-state index is 13.5. The summed E-state index contributed by atoms with van der Waals surface area (Å²) in [6.45, 7) is 2.18. The molecule has 0 aromatic heterocycles. The topological polar surface area (TPSA) is 92.8 Å². The van der Waals surface area contributed by atoms with Gasteiger partial charge in [-0.2, -0.15) is 0 Å². The first-order valence-electron chi connectivity index (χ1n) is 8.81. The number of rotatable bonds is 3. The van der Waals surface area contributed by atoms with Crippen LogP contribution in [0.25, 0.3) is 0 Å². The van der Waals surface area contributed by atoms with Crippen molar-refractivity contribution in [3.8, 4) is 0 Å². The molecule has 2 aromatic carbocycles. The Hall–Kier alpha value is -3.48. The van der Waals surface area contributed by atoms with Gasteiger partial charge in [0, 0.05) is 11.3 Å². The summed E-state index contributed by atoms with van der Waals surface area (Å²) >= 11 is 0. The molecule has 1 fully saturated rings. The van der Waals surface area contributed by atoms with Gasteiger partial charge in [-0.05, 0) is 18.6 Å². The van der Waals surface area contributed by atoms with E-state index in [4.69, 9.17) is 4.74 Å². The fourth-order valence-corrected chi connectivity index (χ4v) is 4.02. The number of nitrogens with zero attached hydrogens (tertiary/aromatic N) is 1. The van der Waals surface area contributed by atoms with Gasteiger partial charge in [-0.15, -0.1) is 0 Å². The lowest BCUT2D eigenvalue weighted by molar-refractivity contribution is -0.154. The molecule has 0 aliphatic carbocycles. The van der Waals surface area contributed by atoms with E-state index in [1.165, 1.54) is 4.90 Å². The summed E-state index contributed by atoms with van der Waals surface area (Å²) in [4.78, 5) is 52.7. The fourth-order valence-electron chi connectivity index (χ4n) is 4.02. The largest absolute Gasteiger partial charge is 0.468 e. The third-order valence-electron chi connectivity index (χ3n) is 5.39. The number of anilines is 1. The summed E-state index contributed by atoms with van der Waals surface area (Å²) in [5.74, 6) is -4.69. The Morgan fingerprint density at radius 3 is 2.46 bits per heavy atom. The average molecular weight is 378 g/mol. The van der Waals surface area contributed by atoms with E-state index < -0.39 is 35.0 Å². The molecular weight excluding hydrogens is 360 g/mol. The molecule has 3 amide bonds. The van der Waals surface area contributed by atoms with Gasteiger partial charge in [0.2, 0.25) is 17.7 Å². The third kappa shape index (κ3) is 2.29. The van der Waals surface area contributed by atoms with Gasteiger partial charge in [0.1, 0.15) is 0 Å². The van der Waals surface area contributed by atoms with Gasteiger partial charge in [-0.25, -0.2) is 0 Å². The van der Waals surface area contributed by atoms with Crippen molar-refractivity contribution >= 4 is 29.4 Å². The van der Waals surface area contributed by atoms with Gasteiger partial charge in [0.05, 0.1) is 13.7 Å². The van der Waals surface area contributed by atoms with Crippen LogP contribution in [0.2, 0.25) is 0 Å². The maximum Gasteiger partial charge on any atom is 0.320 e. The number of benzene rings is 2. The highest BCUT2D eigenvalue weighted by atomic mass is 16.5. The number of nitrogens with one attached hydrogen (secondary N) is 1. The zero-order valence-electron chi connectivity index (χ0n) is 15.4. The molecule has 0 bridgehead atoms. The first-order chi connectivity index (χ1) is 13.4. The van der Waals surface area contributed by atoms with Crippen LogP contribution in [0.15, 0.2) is 48.5 Å². The van der Waals surface area contributed by atoms with Gasteiger partial charge in [0.15, 0.2) is 11.3 Å². The SMILES string of the molecule is COC(=O)C1C(=O)NC(=O)C12C(=O)N(Cc1ccc(C)cc1)c1ccccc12. The summed E-state index contributed by atoms with van der Waals surface area (Å²) in [7, 11) is 1.13. The number of hydrogen-bond donors (Lipinski definition) is 1. The molecule has 4 rings (SSSR count). The number of methoxy groups -OCH3 is 1. The van der Waals surface area contributed by atoms with Crippen molar-refractivity contribution in [1.82, 2.24) is 5.32 Å². The molecule has 7 heteroatoms. The second-order valence-electron chi connectivity index (χ2n) is 6.98. The normalized spacial score (nSPS) is 23.1. The van der Waals surface area contributed by atoms with Gasteiger partial charge in [-0.3, -0.25) is 24.5 Å². The molecule has 1 spiro atoms. The summed E-state index contributed by atoms with van der Waals surface area (Å²) in [6, 6.07) is 14.4. The van der Waals surface area contributed by atoms with E-state index in [1.807, 2.05) is 31.2 Å². The van der Waals surface area contributed by atoms with E-state index in [0.29, 0.717) is 11.3 Å². The summed E-state index contributed by atoms with van der Waals surface area (Å²) in [5, 5.41) is 2.15. The van der Waals surface area contributed by atoms with Crippen LogP contribution in [0.5, 0.6) is 0 Å². The van der Waals surface area contributed by atoms with Crippen molar-refractivity contribution in [3.05, 3.63) is 65.2 Å². The summed E-state index contributed by atoms with van der Waals surface area (Å²) < 4.78 is 4.75. The van der Waals surface area contributed by atoms with Crippen LogP contribution in [0.4, 0.5) is 5.69 Å². The van der Waals surface area contributed by atoms with Crippen LogP contribution in [0.1, 0.15) is 16.7 Å². The summed E-state index contributed by atoms with van der Waals surface area (Å²) in [5.41, 5.74) is 0.855. The lowest BCUT2D eigenvalue weighted by Crippen LogP contribution is -2.51. The Morgan fingerprint density at radius 2 is 1.79 bits per heavy atom. The Bertz CT molecular complexity index is 1010. The first kappa shape index (κ1) is 17.9. The van der Waals surface area contributed by atoms with Crippen molar-refractivity contribution in [3.63, 3.8) is 0 Å². The lowest BCUT2D eigenvalue weighted by Gasteiger charge is -2.25. The number of amides is 3. The molecule has 1 N–H and O–H groups in total. The fraction of sp³-hybridized carbons (Fsp3) is 0.238. The smallest absolute Gasteiger partial charge is 0.320 e. The number of esters is 1. The zero-order valence-corrected chi connectivity index (χ0v) is 15.4. The molecule has 0 radical (unpaired) electrons. The molecule has 0 saturated carbocycles. The molecule has 2 atom stereocenters. The third-order valence-corrected chi connectivity index (χ3v) is 5.39. The van der Waals surface area contributed by atoms with Crippen LogP contribution in [0.3, 0.4) is 0 Å². The minimum atomic E-state index is -1.94. The monoisotopic (exact) mass is 378 g/mol. The lowest BCUT2D eigenvalue weighted by atomic mass is 9.72. The average Bonchev–Trinajstić information content (AvgIpc) is 3.10. The van der Waals surface area contributed by atoms with Crippen molar-refractivity contribution < 1.29 is 23.9 Å². The predicted octanol–water partition coefficient (Wildman–Crippen LogP) is 1.23.